The Morgan fingerprint density at radius 3 is 2.56 bits per heavy atom. The van der Waals surface area contributed by atoms with E-state index >= 15 is 0 Å². The molecule has 0 heterocycles. The van der Waals surface area contributed by atoms with Gasteiger partial charge in [0.25, 0.3) is 0 Å². The van der Waals surface area contributed by atoms with Gasteiger partial charge in [-0.2, -0.15) is 0 Å². The molecule has 0 aliphatic rings. The van der Waals surface area contributed by atoms with Crippen molar-refractivity contribution >= 4 is 12.0 Å². The van der Waals surface area contributed by atoms with Crippen LogP contribution in [-0.4, -0.2) is 32.8 Å². The molecule has 0 radical (unpaired) electrons. The molecule has 1 N–H and O–H groups in total. The fourth-order valence-corrected chi connectivity index (χ4v) is 2.56. The van der Waals surface area contributed by atoms with Gasteiger partial charge in [0.15, 0.2) is 11.5 Å². The SMILES string of the molecule is CCOc1ccc(CCNC(=O)/C=C/c2cccc(OC)c2)cc1OCC. The molecule has 5 heteroatoms. The first-order valence-corrected chi connectivity index (χ1v) is 9.14. The van der Waals surface area contributed by atoms with Crippen LogP contribution >= 0.6 is 0 Å². The molecular weight excluding hydrogens is 342 g/mol. The number of rotatable bonds is 10. The third-order valence-electron chi connectivity index (χ3n) is 3.84. The molecule has 0 saturated carbocycles. The van der Waals surface area contributed by atoms with E-state index in [1.807, 2.05) is 56.3 Å². The Balaban J connectivity index is 1.86. The van der Waals surface area contributed by atoms with Crippen molar-refractivity contribution in [3.05, 3.63) is 59.7 Å². The Labute approximate surface area is 161 Å². The summed E-state index contributed by atoms with van der Waals surface area (Å²) in [6.07, 6.45) is 4.01. The van der Waals surface area contributed by atoms with E-state index < -0.39 is 0 Å². The molecule has 1 amide bonds. The molecule has 0 aliphatic carbocycles. The molecule has 0 unspecified atom stereocenters. The standard InChI is InChI=1S/C22H27NO4/c1-4-26-20-11-9-18(16-21(20)27-5-2)13-14-23-22(24)12-10-17-7-6-8-19(15-17)25-3/h6-12,15-16H,4-5,13-14H2,1-3H3,(H,23,24)/b12-10+. The van der Waals surface area contributed by atoms with Crippen molar-refractivity contribution in [2.75, 3.05) is 26.9 Å². The van der Waals surface area contributed by atoms with Gasteiger partial charge in [-0.15, -0.1) is 0 Å². The number of methoxy groups -OCH3 is 1. The summed E-state index contributed by atoms with van der Waals surface area (Å²) in [5.41, 5.74) is 2.00. The Kier molecular flexibility index (Phi) is 8.23. The number of nitrogens with one attached hydrogen (secondary N) is 1. The Morgan fingerprint density at radius 2 is 1.81 bits per heavy atom. The summed E-state index contributed by atoms with van der Waals surface area (Å²) in [5, 5.41) is 2.89. The maximum atomic E-state index is 12.0. The number of carbonyl (C=O) groups excluding carboxylic acids is 1. The van der Waals surface area contributed by atoms with E-state index in [0.717, 1.165) is 28.4 Å². The molecule has 0 aromatic heterocycles. The van der Waals surface area contributed by atoms with Crippen LogP contribution in [0.5, 0.6) is 17.2 Å². The van der Waals surface area contributed by atoms with Gasteiger partial charge in [-0.25, -0.2) is 0 Å². The second-order valence-corrected chi connectivity index (χ2v) is 5.80. The lowest BCUT2D eigenvalue weighted by Gasteiger charge is -2.12. The van der Waals surface area contributed by atoms with Crippen LogP contribution < -0.4 is 19.5 Å². The number of hydrogen-bond acceptors (Lipinski definition) is 4. The summed E-state index contributed by atoms with van der Waals surface area (Å²) in [7, 11) is 1.62. The summed E-state index contributed by atoms with van der Waals surface area (Å²) in [6.45, 7) is 5.60. The third kappa shape index (κ3) is 6.70. The molecule has 0 saturated heterocycles. The number of hydrogen-bond donors (Lipinski definition) is 1. The summed E-state index contributed by atoms with van der Waals surface area (Å²) >= 11 is 0. The van der Waals surface area contributed by atoms with Gasteiger partial charge >= 0.3 is 0 Å². The van der Waals surface area contributed by atoms with Crippen molar-refractivity contribution in [1.82, 2.24) is 5.32 Å². The minimum atomic E-state index is -0.131. The highest BCUT2D eigenvalue weighted by Crippen LogP contribution is 2.28. The van der Waals surface area contributed by atoms with E-state index in [2.05, 4.69) is 5.32 Å². The summed E-state index contributed by atoms with van der Waals surface area (Å²) < 4.78 is 16.4. The molecule has 0 bridgehead atoms. The zero-order valence-electron chi connectivity index (χ0n) is 16.2. The van der Waals surface area contributed by atoms with Gasteiger partial charge in [0, 0.05) is 12.6 Å². The van der Waals surface area contributed by atoms with Gasteiger partial charge in [-0.1, -0.05) is 18.2 Å². The maximum absolute atomic E-state index is 12.0. The predicted octanol–water partition coefficient (Wildman–Crippen LogP) is 3.86. The van der Waals surface area contributed by atoms with Gasteiger partial charge in [0.05, 0.1) is 20.3 Å². The second kappa shape index (κ2) is 10.9. The van der Waals surface area contributed by atoms with Crippen molar-refractivity contribution in [3.63, 3.8) is 0 Å². The Bertz CT molecular complexity index is 771. The van der Waals surface area contributed by atoms with Crippen molar-refractivity contribution in [1.29, 1.82) is 0 Å². The van der Waals surface area contributed by atoms with Gasteiger partial charge in [-0.05, 0) is 61.7 Å². The summed E-state index contributed by atoms with van der Waals surface area (Å²) in [6, 6.07) is 13.4. The zero-order valence-corrected chi connectivity index (χ0v) is 16.2. The fraction of sp³-hybridized carbons (Fsp3) is 0.318. The molecule has 2 rings (SSSR count). The van der Waals surface area contributed by atoms with Gasteiger partial charge < -0.3 is 19.5 Å². The van der Waals surface area contributed by atoms with E-state index in [1.165, 1.54) is 6.08 Å². The molecule has 0 fully saturated rings. The van der Waals surface area contributed by atoms with E-state index in [0.29, 0.717) is 26.2 Å². The maximum Gasteiger partial charge on any atom is 0.244 e. The lowest BCUT2D eigenvalue weighted by Crippen LogP contribution is -2.23. The van der Waals surface area contributed by atoms with Crippen molar-refractivity contribution in [2.45, 2.75) is 20.3 Å². The lowest BCUT2D eigenvalue weighted by molar-refractivity contribution is -0.116. The molecule has 2 aromatic carbocycles. The topological polar surface area (TPSA) is 56.8 Å². The average Bonchev–Trinajstić information content (AvgIpc) is 2.69. The largest absolute Gasteiger partial charge is 0.497 e. The molecular formula is C22H27NO4. The van der Waals surface area contributed by atoms with Crippen molar-refractivity contribution in [3.8, 4) is 17.2 Å². The van der Waals surface area contributed by atoms with Crippen LogP contribution in [0.3, 0.4) is 0 Å². The van der Waals surface area contributed by atoms with Gasteiger partial charge in [0.2, 0.25) is 5.91 Å². The molecule has 5 nitrogen and oxygen atoms in total. The lowest BCUT2D eigenvalue weighted by atomic mass is 10.1. The molecule has 144 valence electrons. The molecule has 2 aromatic rings. The highest BCUT2D eigenvalue weighted by atomic mass is 16.5. The quantitative estimate of drug-likeness (QED) is 0.646. The highest BCUT2D eigenvalue weighted by molar-refractivity contribution is 5.91. The van der Waals surface area contributed by atoms with E-state index in [1.54, 1.807) is 13.2 Å². The monoisotopic (exact) mass is 369 g/mol. The smallest absolute Gasteiger partial charge is 0.244 e. The highest BCUT2D eigenvalue weighted by Gasteiger charge is 2.06. The van der Waals surface area contributed by atoms with Crippen molar-refractivity contribution in [2.24, 2.45) is 0 Å². The van der Waals surface area contributed by atoms with Crippen LogP contribution in [0.2, 0.25) is 0 Å². The van der Waals surface area contributed by atoms with Crippen LogP contribution in [0.25, 0.3) is 6.08 Å². The first kappa shape index (κ1) is 20.4. The predicted molar refractivity (Wildman–Crippen MR) is 108 cm³/mol. The minimum absolute atomic E-state index is 0.131. The van der Waals surface area contributed by atoms with Gasteiger partial charge in [0.1, 0.15) is 5.75 Å². The van der Waals surface area contributed by atoms with E-state index in [9.17, 15) is 4.79 Å². The zero-order chi connectivity index (χ0) is 19.5. The van der Waals surface area contributed by atoms with Crippen LogP contribution in [0.1, 0.15) is 25.0 Å². The normalized spacial score (nSPS) is 10.6. The molecule has 0 aliphatic heterocycles. The first-order valence-electron chi connectivity index (χ1n) is 9.14. The van der Waals surface area contributed by atoms with Gasteiger partial charge in [-0.3, -0.25) is 4.79 Å². The van der Waals surface area contributed by atoms with E-state index in [-0.39, 0.29) is 5.91 Å². The summed E-state index contributed by atoms with van der Waals surface area (Å²) in [4.78, 5) is 12.0. The van der Waals surface area contributed by atoms with Crippen LogP contribution in [0, 0.1) is 0 Å². The third-order valence-corrected chi connectivity index (χ3v) is 3.84. The molecule has 27 heavy (non-hydrogen) atoms. The first-order chi connectivity index (χ1) is 13.2. The Morgan fingerprint density at radius 1 is 1.04 bits per heavy atom. The average molecular weight is 369 g/mol. The number of ether oxygens (including phenoxy) is 3. The van der Waals surface area contributed by atoms with Crippen LogP contribution in [-0.2, 0) is 11.2 Å². The second-order valence-electron chi connectivity index (χ2n) is 5.80. The molecule has 0 atom stereocenters. The number of benzene rings is 2. The minimum Gasteiger partial charge on any atom is -0.497 e. The van der Waals surface area contributed by atoms with Crippen LogP contribution in [0.4, 0.5) is 0 Å². The summed E-state index contributed by atoms with van der Waals surface area (Å²) in [5.74, 6) is 2.11. The Hall–Kier alpha value is -2.95. The molecule has 0 spiro atoms. The van der Waals surface area contributed by atoms with E-state index in [4.69, 9.17) is 14.2 Å². The van der Waals surface area contributed by atoms with Crippen molar-refractivity contribution < 1.29 is 19.0 Å². The fourth-order valence-electron chi connectivity index (χ4n) is 2.56. The van der Waals surface area contributed by atoms with Crippen LogP contribution in [0.15, 0.2) is 48.5 Å². The number of carbonyl (C=O) groups is 1. The number of amides is 1.